The third-order valence-electron chi connectivity index (χ3n) is 5.21. The summed E-state index contributed by atoms with van der Waals surface area (Å²) in [5, 5.41) is 2.94. The van der Waals surface area contributed by atoms with Gasteiger partial charge in [0.15, 0.2) is 0 Å². The summed E-state index contributed by atoms with van der Waals surface area (Å²) in [5.74, 6) is -0.866. The maximum Gasteiger partial charge on any atom is 0.308 e. The smallest absolute Gasteiger partial charge is 0.308 e. The van der Waals surface area contributed by atoms with E-state index in [-0.39, 0.29) is 30.8 Å². The Morgan fingerprint density at radius 3 is 2.53 bits per heavy atom. The Labute approximate surface area is 177 Å². The predicted octanol–water partition coefficient (Wildman–Crippen LogP) is 3.79. The second-order valence-corrected chi connectivity index (χ2v) is 7.51. The van der Waals surface area contributed by atoms with Crippen molar-refractivity contribution in [2.45, 2.75) is 46.2 Å². The van der Waals surface area contributed by atoms with Crippen molar-refractivity contribution in [1.82, 2.24) is 10.2 Å². The number of nitrogens with one attached hydrogen (secondary N) is 1. The Morgan fingerprint density at radius 1 is 1.13 bits per heavy atom. The highest BCUT2D eigenvalue weighted by Gasteiger charge is 2.32. The topological polar surface area (TPSA) is 75.7 Å². The molecule has 30 heavy (non-hydrogen) atoms. The molecule has 0 saturated carbocycles. The second-order valence-electron chi connectivity index (χ2n) is 7.51. The van der Waals surface area contributed by atoms with Gasteiger partial charge in [-0.2, -0.15) is 0 Å². The minimum absolute atomic E-state index is 0.0214. The van der Waals surface area contributed by atoms with E-state index in [1.54, 1.807) is 24.0 Å². The summed E-state index contributed by atoms with van der Waals surface area (Å²) in [6, 6.07) is 12.5. The molecule has 0 saturated heterocycles. The molecule has 1 aliphatic heterocycles. The van der Waals surface area contributed by atoms with Crippen LogP contribution in [0.5, 0.6) is 0 Å². The molecule has 1 aliphatic rings. The first-order valence-electron chi connectivity index (χ1n) is 10.4. The average Bonchev–Trinajstić information content (AvgIpc) is 3.04. The van der Waals surface area contributed by atoms with E-state index >= 15 is 0 Å². The molecule has 0 aliphatic carbocycles. The zero-order chi connectivity index (χ0) is 21.7. The van der Waals surface area contributed by atoms with Crippen LogP contribution >= 0.6 is 0 Å². The quantitative estimate of drug-likeness (QED) is 0.675. The molecule has 1 unspecified atom stereocenters. The normalized spacial score (nSPS) is 13.7. The number of fused-ring (bicyclic) bond motifs is 1. The highest BCUT2D eigenvalue weighted by atomic mass is 16.5. The van der Waals surface area contributed by atoms with Crippen molar-refractivity contribution in [2.75, 3.05) is 13.2 Å². The molecule has 2 aromatic carbocycles. The minimum atomic E-state index is -0.545. The van der Waals surface area contributed by atoms with Gasteiger partial charge in [-0.1, -0.05) is 48.9 Å². The Hall–Kier alpha value is -3.15. The van der Waals surface area contributed by atoms with Crippen LogP contribution in [0.25, 0.3) is 0 Å². The fourth-order valence-electron chi connectivity index (χ4n) is 3.73. The van der Waals surface area contributed by atoms with Gasteiger partial charge in [-0.05, 0) is 37.5 Å². The Bertz CT molecular complexity index is 937. The number of rotatable bonds is 8. The van der Waals surface area contributed by atoms with Crippen molar-refractivity contribution < 1.29 is 19.1 Å². The summed E-state index contributed by atoms with van der Waals surface area (Å²) < 4.78 is 5.09. The third-order valence-corrected chi connectivity index (χ3v) is 5.21. The highest BCUT2D eigenvalue weighted by molar-refractivity contribution is 6.09. The van der Waals surface area contributed by atoms with E-state index in [1.807, 2.05) is 44.2 Å². The summed E-state index contributed by atoms with van der Waals surface area (Å²) in [6.45, 7) is 7.20. The number of benzene rings is 2. The zero-order valence-electron chi connectivity index (χ0n) is 17.7. The summed E-state index contributed by atoms with van der Waals surface area (Å²) in [7, 11) is 0. The summed E-state index contributed by atoms with van der Waals surface area (Å²) in [4.78, 5) is 39.9. The van der Waals surface area contributed by atoms with E-state index in [0.29, 0.717) is 24.2 Å². The number of amides is 2. The molecule has 3 rings (SSSR count). The first-order valence-corrected chi connectivity index (χ1v) is 10.4. The van der Waals surface area contributed by atoms with E-state index in [1.165, 1.54) is 0 Å². The number of carbonyl (C=O) groups excluding carboxylic acids is 3. The largest absolute Gasteiger partial charge is 0.466 e. The van der Waals surface area contributed by atoms with Crippen molar-refractivity contribution in [2.24, 2.45) is 0 Å². The van der Waals surface area contributed by atoms with Gasteiger partial charge in [0.1, 0.15) is 0 Å². The van der Waals surface area contributed by atoms with E-state index in [2.05, 4.69) is 5.32 Å². The molecule has 158 valence electrons. The average molecular weight is 408 g/mol. The third kappa shape index (κ3) is 4.70. The lowest BCUT2D eigenvalue weighted by atomic mass is 9.99. The van der Waals surface area contributed by atoms with Crippen molar-refractivity contribution in [3.8, 4) is 0 Å². The van der Waals surface area contributed by atoms with Crippen LogP contribution in [0.2, 0.25) is 0 Å². The number of hydrogen-bond donors (Lipinski definition) is 1. The molecule has 0 bridgehead atoms. The number of nitrogens with zero attached hydrogens (tertiary/aromatic N) is 1. The molecule has 0 aromatic heterocycles. The van der Waals surface area contributed by atoms with Crippen LogP contribution in [0, 0.1) is 6.92 Å². The van der Waals surface area contributed by atoms with Crippen LogP contribution in [-0.2, 0) is 16.1 Å². The van der Waals surface area contributed by atoms with E-state index in [4.69, 9.17) is 4.74 Å². The van der Waals surface area contributed by atoms with Crippen LogP contribution in [0.15, 0.2) is 42.5 Å². The van der Waals surface area contributed by atoms with Gasteiger partial charge in [0.25, 0.3) is 11.8 Å². The number of esters is 1. The summed E-state index contributed by atoms with van der Waals surface area (Å²) >= 11 is 0. The highest BCUT2D eigenvalue weighted by Crippen LogP contribution is 2.27. The molecule has 6 nitrogen and oxygen atoms in total. The molecular weight excluding hydrogens is 380 g/mol. The Morgan fingerprint density at radius 2 is 1.87 bits per heavy atom. The monoisotopic (exact) mass is 408 g/mol. The lowest BCUT2D eigenvalue weighted by Crippen LogP contribution is -2.32. The number of carbonyl (C=O) groups is 3. The molecule has 2 aromatic rings. The van der Waals surface area contributed by atoms with Crippen molar-refractivity contribution in [3.63, 3.8) is 0 Å². The minimum Gasteiger partial charge on any atom is -0.466 e. The van der Waals surface area contributed by atoms with Gasteiger partial charge in [-0.25, -0.2) is 0 Å². The first-order chi connectivity index (χ1) is 14.4. The standard InChI is InChI=1S/C24H28N2O4/c1-4-13-26-15-18-7-6-8-19(22(18)24(26)29)23(28)25-20(14-21(27)30-5-2)17-11-9-16(3)10-12-17/h6-12,20H,4-5,13-15H2,1-3H3,(H,25,28). The predicted molar refractivity (Wildman–Crippen MR) is 114 cm³/mol. The molecule has 0 fully saturated rings. The molecule has 1 N–H and O–H groups in total. The molecule has 0 radical (unpaired) electrons. The van der Waals surface area contributed by atoms with Crippen LogP contribution in [0.4, 0.5) is 0 Å². The Balaban J connectivity index is 1.87. The van der Waals surface area contributed by atoms with Crippen LogP contribution < -0.4 is 5.32 Å². The van der Waals surface area contributed by atoms with Crippen LogP contribution in [0.3, 0.4) is 0 Å². The van der Waals surface area contributed by atoms with Crippen molar-refractivity contribution in [3.05, 3.63) is 70.3 Å². The van der Waals surface area contributed by atoms with Crippen molar-refractivity contribution in [1.29, 1.82) is 0 Å². The van der Waals surface area contributed by atoms with E-state index in [0.717, 1.165) is 23.1 Å². The van der Waals surface area contributed by atoms with E-state index < -0.39 is 6.04 Å². The molecule has 1 heterocycles. The van der Waals surface area contributed by atoms with E-state index in [9.17, 15) is 14.4 Å². The lowest BCUT2D eigenvalue weighted by Gasteiger charge is -2.20. The Kier molecular flexibility index (Phi) is 6.87. The van der Waals surface area contributed by atoms with Crippen molar-refractivity contribution >= 4 is 17.8 Å². The lowest BCUT2D eigenvalue weighted by molar-refractivity contribution is -0.143. The fourth-order valence-corrected chi connectivity index (χ4v) is 3.73. The first kappa shape index (κ1) is 21.6. The molecular formula is C24H28N2O4. The van der Waals surface area contributed by atoms with Gasteiger partial charge in [0, 0.05) is 13.1 Å². The maximum absolute atomic E-state index is 13.2. The molecule has 1 atom stereocenters. The summed E-state index contributed by atoms with van der Waals surface area (Å²) in [6.07, 6.45) is 0.879. The molecule has 2 amide bonds. The molecule has 6 heteroatoms. The van der Waals surface area contributed by atoms with Crippen LogP contribution in [-0.4, -0.2) is 35.8 Å². The second kappa shape index (κ2) is 9.57. The van der Waals surface area contributed by atoms with Gasteiger partial charge < -0.3 is 15.0 Å². The van der Waals surface area contributed by atoms with Gasteiger partial charge in [0.2, 0.25) is 0 Å². The number of aryl methyl sites for hydroxylation is 1. The summed E-state index contributed by atoms with van der Waals surface area (Å²) in [5.41, 5.74) is 3.56. The molecule has 0 spiro atoms. The maximum atomic E-state index is 13.2. The van der Waals surface area contributed by atoms with Gasteiger partial charge in [-0.15, -0.1) is 0 Å². The fraction of sp³-hybridized carbons (Fsp3) is 0.375. The van der Waals surface area contributed by atoms with Crippen LogP contribution in [0.1, 0.15) is 70.1 Å². The number of hydrogen-bond acceptors (Lipinski definition) is 4. The van der Waals surface area contributed by atoms with Gasteiger partial charge >= 0.3 is 5.97 Å². The number of ether oxygens (including phenoxy) is 1. The van der Waals surface area contributed by atoms with Gasteiger partial charge in [0.05, 0.1) is 30.2 Å². The van der Waals surface area contributed by atoms with Gasteiger partial charge in [-0.3, -0.25) is 14.4 Å². The zero-order valence-corrected chi connectivity index (χ0v) is 17.7. The SMILES string of the molecule is CCCN1Cc2cccc(C(=O)NC(CC(=O)OCC)c3ccc(C)cc3)c2C1=O.